The fourth-order valence-electron chi connectivity index (χ4n) is 5.35. The van der Waals surface area contributed by atoms with E-state index >= 15 is 0 Å². The Morgan fingerprint density at radius 1 is 1.06 bits per heavy atom. The van der Waals surface area contributed by atoms with Crippen molar-refractivity contribution in [2.24, 2.45) is 5.41 Å². The summed E-state index contributed by atoms with van der Waals surface area (Å²) in [5, 5.41) is 0.267. The Labute approximate surface area is 212 Å². The number of ether oxygens (including phenoxy) is 1. The summed E-state index contributed by atoms with van der Waals surface area (Å²) in [7, 11) is 0. The molecule has 0 bridgehead atoms. The molecule has 1 fully saturated rings. The van der Waals surface area contributed by atoms with Crippen molar-refractivity contribution >= 4 is 23.4 Å². The van der Waals surface area contributed by atoms with Crippen molar-refractivity contribution in [3.63, 3.8) is 0 Å². The van der Waals surface area contributed by atoms with Crippen LogP contribution in [0.5, 0.6) is 5.75 Å². The summed E-state index contributed by atoms with van der Waals surface area (Å²) in [6.45, 7) is 4.61. The topological polar surface area (TPSA) is 49.9 Å². The van der Waals surface area contributed by atoms with Gasteiger partial charge in [-0.05, 0) is 62.8 Å². The largest absolute Gasteiger partial charge is 0.491 e. The number of carbonyl (C=O) groups excluding carboxylic acids is 2. The Kier molecular flexibility index (Phi) is 8.32. The zero-order chi connectivity index (χ0) is 24.8. The van der Waals surface area contributed by atoms with Gasteiger partial charge in [0.05, 0.1) is 18.4 Å². The Hall–Kier alpha value is -2.60. The molecule has 2 heterocycles. The zero-order valence-corrected chi connectivity index (χ0v) is 21.2. The number of likely N-dealkylation sites (tertiary alicyclic amines) is 1. The van der Waals surface area contributed by atoms with Crippen LogP contribution in [0.1, 0.15) is 50.2 Å². The SMILES string of the molecule is CCN1CCOc2ccccc2CCCCC2(CCN(C(=O)Cc3c(F)cccc3Cl)CC2)C1=O. The summed E-state index contributed by atoms with van der Waals surface area (Å²) >= 11 is 6.13. The maximum atomic E-state index is 14.2. The van der Waals surface area contributed by atoms with Crippen molar-refractivity contribution in [2.75, 3.05) is 32.8 Å². The number of nitrogens with zero attached hydrogens (tertiary/aromatic N) is 2. The summed E-state index contributed by atoms with van der Waals surface area (Å²) in [4.78, 5) is 30.4. The summed E-state index contributed by atoms with van der Waals surface area (Å²) in [6, 6.07) is 12.6. The van der Waals surface area contributed by atoms with E-state index in [9.17, 15) is 14.0 Å². The van der Waals surface area contributed by atoms with Gasteiger partial charge in [0, 0.05) is 30.2 Å². The van der Waals surface area contributed by atoms with Crippen LogP contribution in [-0.2, 0) is 22.4 Å². The number of hydrogen-bond donors (Lipinski definition) is 0. The molecule has 35 heavy (non-hydrogen) atoms. The van der Waals surface area contributed by atoms with Crippen LogP contribution in [0.3, 0.4) is 0 Å². The van der Waals surface area contributed by atoms with E-state index in [0.29, 0.717) is 45.6 Å². The minimum absolute atomic E-state index is 0.0652. The lowest BCUT2D eigenvalue weighted by Gasteiger charge is -2.43. The van der Waals surface area contributed by atoms with Gasteiger partial charge in [-0.15, -0.1) is 0 Å². The number of para-hydroxylation sites is 1. The number of amides is 2. The van der Waals surface area contributed by atoms with Crippen molar-refractivity contribution in [3.05, 3.63) is 64.4 Å². The molecule has 0 unspecified atom stereocenters. The van der Waals surface area contributed by atoms with Crippen molar-refractivity contribution in [2.45, 2.75) is 51.9 Å². The molecule has 2 aromatic carbocycles. The van der Waals surface area contributed by atoms with Gasteiger partial charge in [-0.1, -0.05) is 42.3 Å². The fraction of sp³-hybridized carbons (Fsp3) is 0.500. The fourth-order valence-corrected chi connectivity index (χ4v) is 5.58. The van der Waals surface area contributed by atoms with Gasteiger partial charge in [0.1, 0.15) is 18.2 Å². The number of carbonyl (C=O) groups is 2. The molecule has 0 atom stereocenters. The number of likely N-dealkylation sites (N-methyl/N-ethyl adjacent to an activating group) is 1. The Morgan fingerprint density at radius 3 is 2.57 bits per heavy atom. The molecule has 1 spiro atoms. The number of halogens is 2. The molecule has 2 aromatic rings. The third kappa shape index (κ3) is 5.80. The van der Waals surface area contributed by atoms with Crippen LogP contribution in [0.25, 0.3) is 0 Å². The van der Waals surface area contributed by atoms with Crippen LogP contribution < -0.4 is 4.74 Å². The summed E-state index contributed by atoms with van der Waals surface area (Å²) in [6.07, 6.45) is 4.84. The Bertz CT molecular complexity index is 1030. The number of rotatable bonds is 3. The second kappa shape index (κ2) is 11.4. The third-order valence-electron chi connectivity index (χ3n) is 7.53. The van der Waals surface area contributed by atoms with E-state index in [1.165, 1.54) is 17.7 Å². The van der Waals surface area contributed by atoms with Gasteiger partial charge in [-0.2, -0.15) is 0 Å². The quantitative estimate of drug-likeness (QED) is 0.575. The average Bonchev–Trinajstić information content (AvgIpc) is 2.87. The summed E-state index contributed by atoms with van der Waals surface area (Å²) in [5.41, 5.74) is 0.976. The lowest BCUT2D eigenvalue weighted by molar-refractivity contribution is -0.149. The average molecular weight is 501 g/mol. The van der Waals surface area contributed by atoms with Crippen LogP contribution in [-0.4, -0.2) is 54.4 Å². The molecule has 2 aliphatic heterocycles. The number of benzene rings is 2. The van der Waals surface area contributed by atoms with E-state index in [0.717, 1.165) is 31.4 Å². The molecular formula is C28H34ClFN2O3. The standard InChI is InChI=1S/C28H34ClFN2O3/c1-2-31-18-19-35-25-12-4-3-8-21(25)9-5-6-13-28(27(31)34)14-16-32(17-15-28)26(33)20-22-23(29)10-7-11-24(22)30/h3-4,7-8,10-12H,2,5-6,9,13-20H2,1H3. The van der Waals surface area contributed by atoms with Crippen LogP contribution in [0.4, 0.5) is 4.39 Å². The van der Waals surface area contributed by atoms with E-state index in [4.69, 9.17) is 16.3 Å². The predicted molar refractivity (Wildman–Crippen MR) is 135 cm³/mol. The van der Waals surface area contributed by atoms with Gasteiger partial charge >= 0.3 is 0 Å². The molecule has 4 rings (SSSR count). The Morgan fingerprint density at radius 2 is 1.83 bits per heavy atom. The highest BCUT2D eigenvalue weighted by Crippen LogP contribution is 2.39. The monoisotopic (exact) mass is 500 g/mol. The molecule has 0 aliphatic carbocycles. The van der Waals surface area contributed by atoms with Crippen LogP contribution in [0.2, 0.25) is 5.02 Å². The van der Waals surface area contributed by atoms with Crippen molar-refractivity contribution in [3.8, 4) is 5.75 Å². The highest BCUT2D eigenvalue weighted by Gasteiger charge is 2.43. The minimum Gasteiger partial charge on any atom is -0.491 e. The van der Waals surface area contributed by atoms with Crippen LogP contribution in [0, 0.1) is 11.2 Å². The van der Waals surface area contributed by atoms with Crippen LogP contribution in [0.15, 0.2) is 42.5 Å². The van der Waals surface area contributed by atoms with E-state index < -0.39 is 11.2 Å². The Balaban J connectivity index is 1.45. The molecule has 0 saturated carbocycles. The maximum Gasteiger partial charge on any atom is 0.229 e. The molecule has 2 amide bonds. The van der Waals surface area contributed by atoms with Crippen molar-refractivity contribution in [1.29, 1.82) is 0 Å². The number of piperidine rings is 1. The van der Waals surface area contributed by atoms with E-state index in [1.807, 2.05) is 30.0 Å². The highest BCUT2D eigenvalue weighted by molar-refractivity contribution is 6.31. The first-order valence-corrected chi connectivity index (χ1v) is 13.0. The van der Waals surface area contributed by atoms with Crippen molar-refractivity contribution in [1.82, 2.24) is 9.80 Å². The molecule has 0 aromatic heterocycles. The molecule has 0 radical (unpaired) electrons. The number of fused-ring (bicyclic) bond motifs is 1. The van der Waals surface area contributed by atoms with Gasteiger partial charge in [0.15, 0.2) is 0 Å². The maximum absolute atomic E-state index is 14.2. The normalized spacial score (nSPS) is 18.9. The molecule has 7 heteroatoms. The van der Waals surface area contributed by atoms with Gasteiger partial charge in [0.2, 0.25) is 11.8 Å². The number of aryl methyl sites for hydroxylation is 1. The van der Waals surface area contributed by atoms with Gasteiger partial charge in [-0.25, -0.2) is 4.39 Å². The third-order valence-corrected chi connectivity index (χ3v) is 7.88. The second-order valence-corrected chi connectivity index (χ2v) is 9.99. The van der Waals surface area contributed by atoms with Gasteiger partial charge < -0.3 is 14.5 Å². The first-order chi connectivity index (χ1) is 16.9. The molecule has 1 saturated heterocycles. The predicted octanol–water partition coefficient (Wildman–Crippen LogP) is 5.28. The highest BCUT2D eigenvalue weighted by atomic mass is 35.5. The molecule has 0 N–H and O–H groups in total. The summed E-state index contributed by atoms with van der Waals surface area (Å²) in [5.74, 6) is 0.468. The lowest BCUT2D eigenvalue weighted by Crippen LogP contribution is -2.52. The van der Waals surface area contributed by atoms with Crippen molar-refractivity contribution < 1.29 is 18.7 Å². The first kappa shape index (κ1) is 25.5. The minimum atomic E-state index is -0.471. The first-order valence-electron chi connectivity index (χ1n) is 12.6. The summed E-state index contributed by atoms with van der Waals surface area (Å²) < 4.78 is 20.2. The van der Waals surface area contributed by atoms with Gasteiger partial charge in [0.25, 0.3) is 0 Å². The van der Waals surface area contributed by atoms with E-state index in [2.05, 4.69) is 6.07 Å². The second-order valence-electron chi connectivity index (χ2n) is 9.59. The zero-order valence-electron chi connectivity index (χ0n) is 20.4. The smallest absolute Gasteiger partial charge is 0.229 e. The lowest BCUT2D eigenvalue weighted by atomic mass is 9.73. The number of hydrogen-bond acceptors (Lipinski definition) is 3. The van der Waals surface area contributed by atoms with E-state index in [-0.39, 0.29) is 28.8 Å². The van der Waals surface area contributed by atoms with E-state index in [1.54, 1.807) is 11.0 Å². The molecule has 188 valence electrons. The van der Waals surface area contributed by atoms with Gasteiger partial charge in [-0.3, -0.25) is 9.59 Å². The molecule has 2 aliphatic rings. The molecule has 5 nitrogen and oxygen atoms in total. The molecular weight excluding hydrogens is 467 g/mol. The van der Waals surface area contributed by atoms with Crippen LogP contribution >= 0.6 is 11.6 Å².